The number of halogens is 2. The van der Waals surface area contributed by atoms with Gasteiger partial charge in [-0.25, -0.2) is 8.78 Å². The van der Waals surface area contributed by atoms with E-state index in [4.69, 9.17) is 0 Å². The van der Waals surface area contributed by atoms with Crippen molar-refractivity contribution in [3.8, 4) is 0 Å². The van der Waals surface area contributed by atoms with E-state index in [9.17, 15) is 13.6 Å². The molecule has 0 aliphatic heterocycles. The summed E-state index contributed by atoms with van der Waals surface area (Å²) < 4.78 is 29.7. The van der Waals surface area contributed by atoms with E-state index in [-0.39, 0.29) is 0 Å². The molecule has 5 nitrogen and oxygen atoms in total. The van der Waals surface area contributed by atoms with E-state index < -0.39 is 28.5 Å². The Morgan fingerprint density at radius 2 is 1.83 bits per heavy atom. The monoisotopic (exact) mass is 414 g/mol. The average Bonchev–Trinajstić information content (AvgIpc) is 3.49. The third-order valence-corrected chi connectivity index (χ3v) is 5.81. The maximum Gasteiger partial charge on any atom is 0.237 e. The first-order valence-electron chi connectivity index (χ1n) is 9.41. The van der Waals surface area contributed by atoms with E-state index in [2.05, 4.69) is 15.5 Å². The van der Waals surface area contributed by atoms with Crippen molar-refractivity contribution in [3.63, 3.8) is 0 Å². The molecule has 1 aromatic heterocycles. The SMILES string of the molecule is CC(Sc1nnc(C2CC2)n1Cc1ccccc1)C(=O)Nc1c(F)cccc1F. The molecule has 4 rings (SSSR count). The molecule has 0 radical (unpaired) electrons. The Morgan fingerprint density at radius 1 is 1.14 bits per heavy atom. The minimum absolute atomic E-state index is 0.400. The fourth-order valence-electron chi connectivity index (χ4n) is 3.00. The van der Waals surface area contributed by atoms with E-state index in [1.54, 1.807) is 6.92 Å². The van der Waals surface area contributed by atoms with Crippen molar-refractivity contribution in [2.24, 2.45) is 0 Å². The highest BCUT2D eigenvalue weighted by Crippen LogP contribution is 2.40. The molecule has 0 bridgehead atoms. The van der Waals surface area contributed by atoms with Crippen LogP contribution in [-0.4, -0.2) is 25.9 Å². The summed E-state index contributed by atoms with van der Waals surface area (Å²) in [6, 6.07) is 13.4. The van der Waals surface area contributed by atoms with Crippen LogP contribution in [0, 0.1) is 11.6 Å². The van der Waals surface area contributed by atoms with Gasteiger partial charge in [-0.2, -0.15) is 0 Å². The van der Waals surface area contributed by atoms with Crippen LogP contribution < -0.4 is 5.32 Å². The molecule has 8 heteroatoms. The van der Waals surface area contributed by atoms with Gasteiger partial charge in [-0.15, -0.1) is 10.2 Å². The maximum atomic E-state index is 13.8. The summed E-state index contributed by atoms with van der Waals surface area (Å²) >= 11 is 1.23. The molecule has 1 amide bonds. The summed E-state index contributed by atoms with van der Waals surface area (Å²) in [5, 5.41) is 11.0. The van der Waals surface area contributed by atoms with Gasteiger partial charge in [0, 0.05) is 5.92 Å². The molecular weight excluding hydrogens is 394 g/mol. The molecule has 1 heterocycles. The zero-order valence-electron chi connectivity index (χ0n) is 15.8. The number of amides is 1. The molecule has 1 saturated carbocycles. The second-order valence-corrected chi connectivity index (χ2v) is 8.34. The average molecular weight is 414 g/mol. The molecule has 0 spiro atoms. The summed E-state index contributed by atoms with van der Waals surface area (Å²) in [5.74, 6) is -0.792. The number of anilines is 1. The first kappa shape index (κ1) is 19.6. The summed E-state index contributed by atoms with van der Waals surface area (Å²) in [5.41, 5.74) is 0.677. The van der Waals surface area contributed by atoms with Crippen molar-refractivity contribution in [2.45, 2.75) is 42.6 Å². The number of thioether (sulfide) groups is 1. The fraction of sp³-hybridized carbons (Fsp3) is 0.286. The molecule has 3 aromatic rings. The molecule has 1 fully saturated rings. The van der Waals surface area contributed by atoms with Gasteiger partial charge in [-0.1, -0.05) is 48.2 Å². The van der Waals surface area contributed by atoms with Crippen molar-refractivity contribution >= 4 is 23.4 Å². The summed E-state index contributed by atoms with van der Waals surface area (Å²) in [6.07, 6.45) is 2.17. The third-order valence-electron chi connectivity index (χ3n) is 4.73. The lowest BCUT2D eigenvalue weighted by Crippen LogP contribution is -2.24. The number of para-hydroxylation sites is 1. The smallest absolute Gasteiger partial charge is 0.237 e. The van der Waals surface area contributed by atoms with Crippen LogP contribution in [0.5, 0.6) is 0 Å². The van der Waals surface area contributed by atoms with Gasteiger partial charge in [0.05, 0.1) is 11.8 Å². The highest BCUT2D eigenvalue weighted by molar-refractivity contribution is 8.00. The number of hydrogen-bond acceptors (Lipinski definition) is 4. The third kappa shape index (κ3) is 4.48. The zero-order valence-corrected chi connectivity index (χ0v) is 16.6. The second kappa shape index (κ2) is 8.32. The number of nitrogens with zero attached hydrogens (tertiary/aromatic N) is 3. The number of carbonyl (C=O) groups excluding carboxylic acids is 1. The van der Waals surface area contributed by atoms with Gasteiger partial charge in [0.2, 0.25) is 5.91 Å². The van der Waals surface area contributed by atoms with Crippen LogP contribution in [0.3, 0.4) is 0 Å². The molecule has 150 valence electrons. The Morgan fingerprint density at radius 3 is 2.48 bits per heavy atom. The minimum atomic E-state index is -0.807. The second-order valence-electron chi connectivity index (χ2n) is 7.03. The Bertz CT molecular complexity index is 1000. The maximum absolute atomic E-state index is 13.8. The van der Waals surface area contributed by atoms with Crippen molar-refractivity contribution in [1.29, 1.82) is 0 Å². The molecule has 2 aromatic carbocycles. The Balaban J connectivity index is 1.52. The molecule has 1 aliphatic carbocycles. The number of hydrogen-bond donors (Lipinski definition) is 1. The van der Waals surface area contributed by atoms with E-state index in [1.807, 2.05) is 34.9 Å². The lowest BCUT2D eigenvalue weighted by Gasteiger charge is -2.14. The van der Waals surface area contributed by atoms with Gasteiger partial charge in [0.25, 0.3) is 0 Å². The topological polar surface area (TPSA) is 59.8 Å². The van der Waals surface area contributed by atoms with E-state index in [0.29, 0.717) is 17.6 Å². The molecule has 1 aliphatic rings. The Kier molecular flexibility index (Phi) is 5.62. The number of rotatable bonds is 7. The normalized spacial score (nSPS) is 14.6. The quantitative estimate of drug-likeness (QED) is 0.574. The lowest BCUT2D eigenvalue weighted by atomic mass is 10.2. The van der Waals surface area contributed by atoms with Gasteiger partial charge >= 0.3 is 0 Å². The predicted molar refractivity (Wildman–Crippen MR) is 108 cm³/mol. The van der Waals surface area contributed by atoms with Crippen LogP contribution in [0.1, 0.15) is 37.1 Å². The molecule has 1 N–H and O–H groups in total. The fourth-order valence-corrected chi connectivity index (χ4v) is 3.85. The van der Waals surface area contributed by atoms with E-state index in [1.165, 1.54) is 17.8 Å². The summed E-state index contributed by atoms with van der Waals surface area (Å²) in [7, 11) is 0. The van der Waals surface area contributed by atoms with Crippen LogP contribution in [-0.2, 0) is 11.3 Å². The Hall–Kier alpha value is -2.74. The van der Waals surface area contributed by atoms with Crippen LogP contribution in [0.4, 0.5) is 14.5 Å². The molecule has 29 heavy (non-hydrogen) atoms. The summed E-state index contributed by atoms with van der Waals surface area (Å²) in [4.78, 5) is 12.5. The lowest BCUT2D eigenvalue weighted by molar-refractivity contribution is -0.115. The van der Waals surface area contributed by atoms with Crippen molar-refractivity contribution in [3.05, 3.63) is 71.6 Å². The van der Waals surface area contributed by atoms with Gasteiger partial charge in [0.1, 0.15) is 23.1 Å². The summed E-state index contributed by atoms with van der Waals surface area (Å²) in [6.45, 7) is 2.29. The van der Waals surface area contributed by atoms with Gasteiger partial charge in [-0.3, -0.25) is 4.79 Å². The molecule has 0 saturated heterocycles. The number of carbonyl (C=O) groups is 1. The number of aromatic nitrogens is 3. The van der Waals surface area contributed by atoms with Crippen molar-refractivity contribution in [1.82, 2.24) is 14.8 Å². The molecular formula is C21H20F2N4OS. The highest BCUT2D eigenvalue weighted by atomic mass is 32.2. The van der Waals surface area contributed by atoms with E-state index >= 15 is 0 Å². The first-order chi connectivity index (χ1) is 14.0. The largest absolute Gasteiger partial charge is 0.320 e. The van der Waals surface area contributed by atoms with Crippen LogP contribution in [0.2, 0.25) is 0 Å². The number of nitrogens with one attached hydrogen (secondary N) is 1. The molecule has 1 atom stereocenters. The Labute approximate surface area is 171 Å². The van der Waals surface area contributed by atoms with Gasteiger partial charge in [-0.05, 0) is 37.5 Å². The highest BCUT2D eigenvalue weighted by Gasteiger charge is 2.31. The van der Waals surface area contributed by atoms with Crippen molar-refractivity contribution < 1.29 is 13.6 Å². The minimum Gasteiger partial charge on any atom is -0.320 e. The van der Waals surface area contributed by atoms with Crippen LogP contribution in [0.25, 0.3) is 0 Å². The first-order valence-corrected chi connectivity index (χ1v) is 10.3. The van der Waals surface area contributed by atoms with Crippen LogP contribution in [0.15, 0.2) is 53.7 Å². The van der Waals surface area contributed by atoms with Gasteiger partial charge < -0.3 is 9.88 Å². The van der Waals surface area contributed by atoms with Gasteiger partial charge in [0.15, 0.2) is 5.16 Å². The van der Waals surface area contributed by atoms with Crippen LogP contribution >= 0.6 is 11.8 Å². The van der Waals surface area contributed by atoms with Crippen molar-refractivity contribution in [2.75, 3.05) is 5.32 Å². The molecule has 1 unspecified atom stereocenters. The zero-order chi connectivity index (χ0) is 20.4. The van der Waals surface area contributed by atoms with E-state index in [0.717, 1.165) is 36.4 Å². The predicted octanol–water partition coefficient (Wildman–Crippen LogP) is 4.60. The standard InChI is InChI=1S/C21H20F2N4OS/c1-13(20(28)24-18-16(22)8-5-9-17(18)23)29-21-26-25-19(15-10-11-15)27(21)12-14-6-3-2-4-7-14/h2-9,13,15H,10-12H2,1H3,(H,24,28). The number of benzene rings is 2.